The number of carbonyl (C=O) groups is 3. The Morgan fingerprint density at radius 3 is 0.728 bits per heavy atom. The first kappa shape index (κ1) is 77.9. The van der Waals surface area contributed by atoms with E-state index in [1.54, 1.807) is 0 Å². The van der Waals surface area contributed by atoms with Gasteiger partial charge < -0.3 is 14.2 Å². The van der Waals surface area contributed by atoms with Gasteiger partial charge in [-0.15, -0.1) is 0 Å². The molecule has 6 nitrogen and oxygen atoms in total. The molecule has 470 valence electrons. The Bertz CT molecular complexity index is 1490. The largest absolute Gasteiger partial charge is 0.462 e. The number of unbranched alkanes of at least 4 members (excludes halogenated alkanes) is 42. The van der Waals surface area contributed by atoms with Gasteiger partial charge in [0.15, 0.2) is 6.10 Å². The standard InChI is InChI=1S/C75H134O6/c1-4-7-10-13-16-19-22-25-28-31-34-36-37-39-41-44-47-50-53-56-59-62-65-68-74(77)80-71-72(70-79-73(76)67-64-61-58-55-52-49-46-43-40-33-30-27-24-21-18-15-12-9-6-3)81-75(78)69-66-63-60-57-54-51-48-45-42-38-35-32-29-26-23-20-17-14-11-8-5-2/h18,21-22,25,27,30-32,34-35,40,43,72H,4-17,19-20,23-24,26,28-29,33,36-39,41-42,44-71H2,1-3H3/b21-18-,25-22-,30-27-,34-31-,35-32-,43-40-. The van der Waals surface area contributed by atoms with Gasteiger partial charge in [0.05, 0.1) is 0 Å². The average Bonchev–Trinajstić information content (AvgIpc) is 3.47. The molecule has 0 saturated heterocycles. The molecule has 0 aromatic carbocycles. The number of allylic oxidation sites excluding steroid dienone is 12. The van der Waals surface area contributed by atoms with Crippen LogP contribution in [0.5, 0.6) is 0 Å². The number of esters is 3. The van der Waals surface area contributed by atoms with Gasteiger partial charge in [0, 0.05) is 19.3 Å². The zero-order valence-corrected chi connectivity index (χ0v) is 54.1. The minimum Gasteiger partial charge on any atom is -0.462 e. The van der Waals surface area contributed by atoms with E-state index in [2.05, 4.69) is 93.7 Å². The Kier molecular flexibility index (Phi) is 66.6. The van der Waals surface area contributed by atoms with Crippen LogP contribution in [0.1, 0.15) is 367 Å². The van der Waals surface area contributed by atoms with Crippen LogP contribution in [-0.2, 0) is 28.6 Å². The number of hydrogen-bond donors (Lipinski definition) is 0. The normalized spacial score (nSPS) is 12.5. The van der Waals surface area contributed by atoms with E-state index >= 15 is 0 Å². The SMILES string of the molecule is CCCCC/C=C\C/C=C\C/C=C\CCCCCCCCC(=O)OCC(COC(=O)CCCCCCCCCCCCC/C=C\C/C=C\CCCCCCC)OC(=O)CCCCCCCCCCC/C=C\CCCCCCCCCC. The van der Waals surface area contributed by atoms with Gasteiger partial charge in [-0.3, -0.25) is 14.4 Å². The second kappa shape index (κ2) is 69.3. The second-order valence-corrected chi connectivity index (χ2v) is 23.8. The lowest BCUT2D eigenvalue weighted by Crippen LogP contribution is -2.30. The molecule has 0 spiro atoms. The molecule has 0 radical (unpaired) electrons. The molecular weight excluding hydrogens is 997 g/mol. The van der Waals surface area contributed by atoms with Gasteiger partial charge in [-0.25, -0.2) is 0 Å². The summed E-state index contributed by atoms with van der Waals surface area (Å²) in [6.07, 6.45) is 90.6. The van der Waals surface area contributed by atoms with E-state index in [0.717, 1.165) is 83.5 Å². The first-order valence-corrected chi connectivity index (χ1v) is 35.4. The molecule has 0 rings (SSSR count). The van der Waals surface area contributed by atoms with Gasteiger partial charge in [0.25, 0.3) is 0 Å². The fourth-order valence-electron chi connectivity index (χ4n) is 10.3. The minimum absolute atomic E-state index is 0.0795. The summed E-state index contributed by atoms with van der Waals surface area (Å²) in [5.41, 5.74) is 0. The Labute approximate surface area is 503 Å². The van der Waals surface area contributed by atoms with Crippen LogP contribution in [0.4, 0.5) is 0 Å². The van der Waals surface area contributed by atoms with Crippen molar-refractivity contribution < 1.29 is 28.6 Å². The number of ether oxygens (including phenoxy) is 3. The third-order valence-corrected chi connectivity index (χ3v) is 15.7. The zero-order chi connectivity index (χ0) is 58.5. The van der Waals surface area contributed by atoms with Gasteiger partial charge >= 0.3 is 17.9 Å². The molecule has 0 aromatic rings. The summed E-state index contributed by atoms with van der Waals surface area (Å²) < 4.78 is 17.0. The maximum absolute atomic E-state index is 13.0. The Hall–Kier alpha value is -3.15. The Morgan fingerprint density at radius 2 is 0.444 bits per heavy atom. The molecule has 1 unspecified atom stereocenters. The summed E-state index contributed by atoms with van der Waals surface area (Å²) in [5.74, 6) is -0.876. The molecule has 0 aliphatic carbocycles. The highest BCUT2D eigenvalue weighted by molar-refractivity contribution is 5.71. The summed E-state index contributed by atoms with van der Waals surface area (Å²) in [5, 5.41) is 0. The fraction of sp³-hybridized carbons (Fsp3) is 0.800. The fourth-order valence-corrected chi connectivity index (χ4v) is 10.3. The van der Waals surface area contributed by atoms with Gasteiger partial charge in [0.1, 0.15) is 13.2 Å². The lowest BCUT2D eigenvalue weighted by molar-refractivity contribution is -0.167. The lowest BCUT2D eigenvalue weighted by Gasteiger charge is -2.18. The van der Waals surface area contributed by atoms with Crippen molar-refractivity contribution in [3.63, 3.8) is 0 Å². The Balaban J connectivity index is 4.37. The van der Waals surface area contributed by atoms with Crippen LogP contribution in [0.15, 0.2) is 72.9 Å². The summed E-state index contributed by atoms with van der Waals surface area (Å²) in [4.78, 5) is 38.5. The molecule has 0 fully saturated rings. The molecule has 0 aliphatic rings. The van der Waals surface area contributed by atoms with E-state index in [1.807, 2.05) is 0 Å². The van der Waals surface area contributed by atoms with E-state index in [1.165, 1.54) is 244 Å². The lowest BCUT2D eigenvalue weighted by atomic mass is 10.0. The van der Waals surface area contributed by atoms with Crippen molar-refractivity contribution in [1.82, 2.24) is 0 Å². The van der Waals surface area contributed by atoms with Crippen molar-refractivity contribution >= 4 is 17.9 Å². The van der Waals surface area contributed by atoms with E-state index in [9.17, 15) is 14.4 Å². The van der Waals surface area contributed by atoms with Crippen LogP contribution in [0, 0.1) is 0 Å². The van der Waals surface area contributed by atoms with Gasteiger partial charge in [-0.2, -0.15) is 0 Å². The molecule has 0 heterocycles. The van der Waals surface area contributed by atoms with Crippen LogP contribution >= 0.6 is 0 Å². The van der Waals surface area contributed by atoms with E-state index in [4.69, 9.17) is 14.2 Å². The highest BCUT2D eigenvalue weighted by Gasteiger charge is 2.19. The predicted molar refractivity (Wildman–Crippen MR) is 353 cm³/mol. The summed E-state index contributed by atoms with van der Waals surface area (Å²) in [7, 11) is 0. The van der Waals surface area contributed by atoms with Gasteiger partial charge in [-0.1, -0.05) is 306 Å². The molecule has 0 saturated carbocycles. The van der Waals surface area contributed by atoms with Crippen molar-refractivity contribution in [1.29, 1.82) is 0 Å². The maximum Gasteiger partial charge on any atom is 0.306 e. The molecule has 0 bridgehead atoms. The van der Waals surface area contributed by atoms with E-state index in [-0.39, 0.29) is 31.1 Å². The number of hydrogen-bond acceptors (Lipinski definition) is 6. The van der Waals surface area contributed by atoms with Crippen LogP contribution in [0.25, 0.3) is 0 Å². The van der Waals surface area contributed by atoms with Gasteiger partial charge in [-0.05, 0) is 116 Å². The molecule has 81 heavy (non-hydrogen) atoms. The predicted octanol–water partition coefficient (Wildman–Crippen LogP) is 24.4. The molecule has 6 heteroatoms. The molecular formula is C75H134O6. The summed E-state index contributed by atoms with van der Waals surface area (Å²) in [6, 6.07) is 0. The van der Waals surface area contributed by atoms with Gasteiger partial charge in [0.2, 0.25) is 0 Å². The number of rotatable bonds is 65. The van der Waals surface area contributed by atoms with E-state index < -0.39 is 6.10 Å². The van der Waals surface area contributed by atoms with Crippen LogP contribution in [0.3, 0.4) is 0 Å². The maximum atomic E-state index is 13.0. The third kappa shape index (κ3) is 67.5. The summed E-state index contributed by atoms with van der Waals surface area (Å²) in [6.45, 7) is 6.64. The Morgan fingerprint density at radius 1 is 0.247 bits per heavy atom. The van der Waals surface area contributed by atoms with E-state index in [0.29, 0.717) is 19.3 Å². The van der Waals surface area contributed by atoms with Crippen molar-refractivity contribution in [2.75, 3.05) is 13.2 Å². The monoisotopic (exact) mass is 1130 g/mol. The van der Waals surface area contributed by atoms with Crippen molar-refractivity contribution in [3.05, 3.63) is 72.9 Å². The number of carbonyl (C=O) groups excluding carboxylic acids is 3. The molecule has 0 aromatic heterocycles. The minimum atomic E-state index is -0.785. The quantitative estimate of drug-likeness (QED) is 0.0261. The van der Waals surface area contributed by atoms with Crippen molar-refractivity contribution in [2.24, 2.45) is 0 Å². The molecule has 0 amide bonds. The van der Waals surface area contributed by atoms with Crippen LogP contribution < -0.4 is 0 Å². The highest BCUT2D eigenvalue weighted by atomic mass is 16.6. The first-order chi connectivity index (χ1) is 40.0. The zero-order valence-electron chi connectivity index (χ0n) is 54.1. The third-order valence-electron chi connectivity index (χ3n) is 15.7. The highest BCUT2D eigenvalue weighted by Crippen LogP contribution is 2.17. The smallest absolute Gasteiger partial charge is 0.306 e. The molecule has 0 aliphatic heterocycles. The van der Waals surface area contributed by atoms with Crippen LogP contribution in [-0.4, -0.2) is 37.2 Å². The first-order valence-electron chi connectivity index (χ1n) is 35.4. The van der Waals surface area contributed by atoms with Crippen LogP contribution in [0.2, 0.25) is 0 Å². The average molecular weight is 1130 g/mol. The van der Waals surface area contributed by atoms with Crippen molar-refractivity contribution in [2.45, 2.75) is 374 Å². The topological polar surface area (TPSA) is 78.9 Å². The second-order valence-electron chi connectivity index (χ2n) is 23.8. The van der Waals surface area contributed by atoms with Crippen molar-refractivity contribution in [3.8, 4) is 0 Å². The molecule has 0 N–H and O–H groups in total. The molecule has 1 atom stereocenters. The summed E-state index contributed by atoms with van der Waals surface area (Å²) >= 11 is 0.